The summed E-state index contributed by atoms with van der Waals surface area (Å²) in [5, 5.41) is 2.25. The summed E-state index contributed by atoms with van der Waals surface area (Å²) >= 11 is 0. The molecule has 17 heavy (non-hydrogen) atoms. The molecule has 0 spiro atoms. The predicted octanol–water partition coefficient (Wildman–Crippen LogP) is 2.55. The minimum Gasteiger partial charge on any atom is -0.304 e. The first-order chi connectivity index (χ1) is 8.08. The molecule has 6 heteroatoms. The first-order valence-corrected chi connectivity index (χ1v) is 4.83. The number of nitrogens with one attached hydrogen (secondary N) is 1. The van der Waals surface area contributed by atoms with Gasteiger partial charge in [0.25, 0.3) is 0 Å². The van der Waals surface area contributed by atoms with E-state index < -0.39 is 17.7 Å². The van der Waals surface area contributed by atoms with Crippen molar-refractivity contribution in [1.29, 1.82) is 0 Å². The smallest absolute Gasteiger partial charge is 0.304 e. The molecule has 0 bridgehead atoms. The molecule has 1 N–H and O–H groups in total. The molecule has 0 aliphatic carbocycles. The van der Waals surface area contributed by atoms with Crippen LogP contribution >= 0.6 is 0 Å². The summed E-state index contributed by atoms with van der Waals surface area (Å²) in [7, 11) is 0. The Bertz CT molecular complexity index is 552. The second kappa shape index (κ2) is 4.32. The van der Waals surface area contributed by atoms with Gasteiger partial charge in [-0.15, -0.1) is 0 Å². The van der Waals surface area contributed by atoms with Crippen LogP contribution in [-0.4, -0.2) is 15.6 Å². The lowest BCUT2D eigenvalue weighted by atomic mass is 10.2. The highest BCUT2D eigenvalue weighted by Gasteiger charge is 2.11. The third kappa shape index (κ3) is 2.30. The standard InChI is InChI=1S/C11H9F2N3O/c1-7-4-9(13)10(5-8(7)12)15-11(17)16-3-2-14-6-16/h2-6H,1H3,(H,15,17). The molecule has 0 aliphatic heterocycles. The van der Waals surface area contributed by atoms with Crippen LogP contribution in [-0.2, 0) is 0 Å². The normalized spacial score (nSPS) is 10.3. The predicted molar refractivity (Wildman–Crippen MR) is 57.7 cm³/mol. The van der Waals surface area contributed by atoms with Crippen molar-refractivity contribution >= 4 is 11.7 Å². The Hall–Kier alpha value is -2.24. The van der Waals surface area contributed by atoms with Crippen molar-refractivity contribution in [1.82, 2.24) is 9.55 Å². The molecular weight excluding hydrogens is 228 g/mol. The van der Waals surface area contributed by atoms with Crippen molar-refractivity contribution in [3.8, 4) is 0 Å². The molecule has 0 aliphatic rings. The molecule has 1 heterocycles. The van der Waals surface area contributed by atoms with E-state index in [2.05, 4.69) is 10.3 Å². The largest absolute Gasteiger partial charge is 0.331 e. The molecule has 0 fully saturated rings. The van der Waals surface area contributed by atoms with Crippen LogP contribution in [0.3, 0.4) is 0 Å². The van der Waals surface area contributed by atoms with Gasteiger partial charge >= 0.3 is 6.03 Å². The number of rotatable bonds is 1. The van der Waals surface area contributed by atoms with Crippen LogP contribution in [0.15, 0.2) is 30.9 Å². The Morgan fingerprint density at radius 3 is 2.76 bits per heavy atom. The van der Waals surface area contributed by atoms with E-state index in [4.69, 9.17) is 0 Å². The van der Waals surface area contributed by atoms with Crippen molar-refractivity contribution in [2.24, 2.45) is 0 Å². The van der Waals surface area contributed by atoms with Crippen molar-refractivity contribution < 1.29 is 13.6 Å². The van der Waals surface area contributed by atoms with Gasteiger partial charge in [-0.3, -0.25) is 4.57 Å². The second-order valence-corrected chi connectivity index (χ2v) is 3.48. The van der Waals surface area contributed by atoms with E-state index in [-0.39, 0.29) is 11.3 Å². The fourth-order valence-corrected chi connectivity index (χ4v) is 1.30. The minimum atomic E-state index is -0.683. The van der Waals surface area contributed by atoms with Gasteiger partial charge in [-0.25, -0.2) is 18.6 Å². The minimum absolute atomic E-state index is 0.183. The number of carbonyl (C=O) groups excluding carboxylic acids is 1. The van der Waals surface area contributed by atoms with E-state index in [1.807, 2.05) is 0 Å². The summed E-state index contributed by atoms with van der Waals surface area (Å²) in [5.74, 6) is -1.26. The third-order valence-corrected chi connectivity index (χ3v) is 2.23. The monoisotopic (exact) mass is 237 g/mol. The van der Waals surface area contributed by atoms with Crippen molar-refractivity contribution in [3.63, 3.8) is 0 Å². The van der Waals surface area contributed by atoms with E-state index in [0.29, 0.717) is 0 Å². The lowest BCUT2D eigenvalue weighted by molar-refractivity contribution is 0.253. The van der Waals surface area contributed by atoms with Crippen LogP contribution in [0, 0.1) is 18.6 Å². The number of aryl methyl sites for hydroxylation is 1. The number of nitrogens with zero attached hydrogens (tertiary/aromatic N) is 2. The van der Waals surface area contributed by atoms with E-state index in [1.54, 1.807) is 0 Å². The molecule has 1 aromatic carbocycles. The first-order valence-electron chi connectivity index (χ1n) is 4.83. The zero-order valence-corrected chi connectivity index (χ0v) is 8.95. The Morgan fingerprint density at radius 2 is 2.12 bits per heavy atom. The number of aromatic nitrogens is 2. The Balaban J connectivity index is 2.25. The average molecular weight is 237 g/mol. The maximum Gasteiger partial charge on any atom is 0.331 e. The Kier molecular flexibility index (Phi) is 2.86. The number of benzene rings is 1. The molecule has 1 amide bonds. The van der Waals surface area contributed by atoms with E-state index in [1.165, 1.54) is 25.6 Å². The van der Waals surface area contributed by atoms with Crippen molar-refractivity contribution in [2.75, 3.05) is 5.32 Å². The molecule has 0 saturated heterocycles. The van der Waals surface area contributed by atoms with Crippen LogP contribution in [0.2, 0.25) is 0 Å². The SMILES string of the molecule is Cc1cc(F)c(NC(=O)n2ccnc2)cc1F. The molecule has 2 aromatic rings. The summed E-state index contributed by atoms with van der Waals surface area (Å²) in [6.07, 6.45) is 4.07. The fraction of sp³-hybridized carbons (Fsp3) is 0.0909. The fourth-order valence-electron chi connectivity index (χ4n) is 1.30. The number of imidazole rings is 1. The summed E-state index contributed by atoms with van der Waals surface area (Å²) in [4.78, 5) is 15.2. The summed E-state index contributed by atoms with van der Waals surface area (Å²) < 4.78 is 27.8. The summed E-state index contributed by atoms with van der Waals surface area (Å²) in [6, 6.07) is 1.36. The van der Waals surface area contributed by atoms with Crippen molar-refractivity contribution in [3.05, 3.63) is 48.1 Å². The summed E-state index contributed by atoms with van der Waals surface area (Å²) in [5.41, 5.74) is -0.0186. The van der Waals surface area contributed by atoms with E-state index in [0.717, 1.165) is 16.7 Å². The van der Waals surface area contributed by atoms with Gasteiger partial charge in [0.15, 0.2) is 0 Å². The number of halogens is 2. The van der Waals surface area contributed by atoms with Gasteiger partial charge in [0.05, 0.1) is 5.69 Å². The third-order valence-electron chi connectivity index (χ3n) is 2.23. The number of amides is 1. The van der Waals surface area contributed by atoms with Crippen LogP contribution in [0.4, 0.5) is 19.3 Å². The molecule has 4 nitrogen and oxygen atoms in total. The molecule has 0 unspecified atom stereocenters. The number of hydrogen-bond acceptors (Lipinski definition) is 2. The van der Waals surface area contributed by atoms with Gasteiger partial charge in [0.1, 0.15) is 18.0 Å². The highest BCUT2D eigenvalue weighted by Crippen LogP contribution is 2.18. The lowest BCUT2D eigenvalue weighted by Crippen LogP contribution is -2.18. The average Bonchev–Trinajstić information content (AvgIpc) is 2.79. The van der Waals surface area contributed by atoms with Crippen LogP contribution in [0.5, 0.6) is 0 Å². The maximum absolute atomic E-state index is 13.4. The molecule has 1 aromatic heterocycles. The van der Waals surface area contributed by atoms with Crippen molar-refractivity contribution in [2.45, 2.75) is 6.92 Å². The van der Waals surface area contributed by atoms with Crippen LogP contribution in [0.1, 0.15) is 5.56 Å². The number of carbonyl (C=O) groups is 1. The number of anilines is 1. The van der Waals surface area contributed by atoms with Gasteiger partial charge in [-0.1, -0.05) is 0 Å². The molecular formula is C11H9F2N3O. The zero-order valence-electron chi connectivity index (χ0n) is 8.95. The molecule has 0 radical (unpaired) electrons. The van der Waals surface area contributed by atoms with E-state index >= 15 is 0 Å². The summed E-state index contributed by atoms with van der Waals surface area (Å²) in [6.45, 7) is 1.44. The van der Waals surface area contributed by atoms with Gasteiger partial charge in [-0.2, -0.15) is 0 Å². The quantitative estimate of drug-likeness (QED) is 0.828. The van der Waals surface area contributed by atoms with E-state index in [9.17, 15) is 13.6 Å². The van der Waals surface area contributed by atoms with Crippen LogP contribution in [0.25, 0.3) is 0 Å². The van der Waals surface area contributed by atoms with Gasteiger partial charge in [0.2, 0.25) is 0 Å². The molecule has 0 saturated carbocycles. The molecule has 88 valence electrons. The Morgan fingerprint density at radius 1 is 1.35 bits per heavy atom. The molecule has 2 rings (SSSR count). The zero-order chi connectivity index (χ0) is 12.4. The van der Waals surface area contributed by atoms with Gasteiger partial charge < -0.3 is 5.32 Å². The lowest BCUT2D eigenvalue weighted by Gasteiger charge is -2.07. The topological polar surface area (TPSA) is 46.9 Å². The molecule has 0 atom stereocenters. The second-order valence-electron chi connectivity index (χ2n) is 3.48. The van der Waals surface area contributed by atoms with Gasteiger partial charge in [-0.05, 0) is 18.6 Å². The first kappa shape index (κ1) is 11.3. The highest BCUT2D eigenvalue weighted by atomic mass is 19.1. The van der Waals surface area contributed by atoms with Gasteiger partial charge in [0, 0.05) is 18.5 Å². The maximum atomic E-state index is 13.4. The van der Waals surface area contributed by atoms with Crippen LogP contribution < -0.4 is 5.32 Å². The Labute approximate surface area is 95.9 Å². The highest BCUT2D eigenvalue weighted by molar-refractivity contribution is 5.91. The number of hydrogen-bond donors (Lipinski definition) is 1.